The van der Waals surface area contributed by atoms with E-state index in [-0.39, 0.29) is 18.2 Å². The lowest BCUT2D eigenvalue weighted by Gasteiger charge is -2.44. The van der Waals surface area contributed by atoms with Gasteiger partial charge < -0.3 is 19.5 Å². The Morgan fingerprint density at radius 2 is 1.92 bits per heavy atom. The first-order valence-electron chi connectivity index (χ1n) is 9.06. The quantitative estimate of drug-likeness (QED) is 0.909. The minimum absolute atomic E-state index is 0.0595. The van der Waals surface area contributed by atoms with Crippen molar-refractivity contribution in [2.45, 2.75) is 76.2 Å². The average Bonchev–Trinajstić information content (AvgIpc) is 2.79. The summed E-state index contributed by atoms with van der Waals surface area (Å²) in [5, 5.41) is 11.2. The standard InChI is InChI=1S/C20H29NO4/c1-19(2,3)25-18(22)21-15-8-9-16(21)13-20(23,12-15)11-14-6-5-7-17(10-14)24-4/h5-7,10,15-16,23H,8-9,11-13H2,1-4H3. The van der Waals surface area contributed by atoms with Crippen molar-refractivity contribution in [2.24, 2.45) is 0 Å². The number of rotatable bonds is 3. The van der Waals surface area contributed by atoms with Crippen LogP contribution >= 0.6 is 0 Å². The molecule has 0 aliphatic carbocycles. The van der Waals surface area contributed by atoms with Gasteiger partial charge in [-0.15, -0.1) is 0 Å². The van der Waals surface area contributed by atoms with Crippen molar-refractivity contribution in [1.29, 1.82) is 0 Å². The zero-order valence-electron chi connectivity index (χ0n) is 15.6. The van der Waals surface area contributed by atoms with Crippen LogP contribution in [0.3, 0.4) is 0 Å². The van der Waals surface area contributed by atoms with Gasteiger partial charge in [-0.3, -0.25) is 0 Å². The van der Waals surface area contributed by atoms with Gasteiger partial charge in [0.1, 0.15) is 11.4 Å². The van der Waals surface area contributed by atoms with Crippen LogP contribution in [0.25, 0.3) is 0 Å². The van der Waals surface area contributed by atoms with Gasteiger partial charge in [0.25, 0.3) is 0 Å². The van der Waals surface area contributed by atoms with Gasteiger partial charge in [-0.25, -0.2) is 4.79 Å². The predicted molar refractivity (Wildman–Crippen MR) is 95.8 cm³/mol. The van der Waals surface area contributed by atoms with Gasteiger partial charge >= 0.3 is 6.09 Å². The molecule has 0 radical (unpaired) electrons. The number of hydrogen-bond acceptors (Lipinski definition) is 4. The van der Waals surface area contributed by atoms with Crippen molar-refractivity contribution in [1.82, 2.24) is 4.90 Å². The molecule has 2 aliphatic rings. The summed E-state index contributed by atoms with van der Waals surface area (Å²) in [7, 11) is 1.65. The lowest BCUT2D eigenvalue weighted by Crippen LogP contribution is -2.54. The number of aliphatic hydroxyl groups is 1. The van der Waals surface area contributed by atoms with E-state index in [1.807, 2.05) is 49.9 Å². The highest BCUT2D eigenvalue weighted by Crippen LogP contribution is 2.43. The molecule has 2 aliphatic heterocycles. The van der Waals surface area contributed by atoms with Gasteiger partial charge in [-0.1, -0.05) is 12.1 Å². The number of fused-ring (bicyclic) bond motifs is 2. The van der Waals surface area contributed by atoms with Gasteiger partial charge in [-0.2, -0.15) is 0 Å². The molecule has 2 atom stereocenters. The largest absolute Gasteiger partial charge is 0.497 e. The van der Waals surface area contributed by atoms with E-state index in [0.717, 1.165) is 24.2 Å². The Labute approximate surface area is 149 Å². The molecular weight excluding hydrogens is 318 g/mol. The van der Waals surface area contributed by atoms with Crippen LogP contribution in [0.15, 0.2) is 24.3 Å². The maximum absolute atomic E-state index is 12.5. The zero-order chi connectivity index (χ0) is 18.2. The fourth-order valence-corrected chi connectivity index (χ4v) is 4.24. The van der Waals surface area contributed by atoms with Crippen LogP contribution in [0.5, 0.6) is 5.75 Å². The van der Waals surface area contributed by atoms with Crippen LogP contribution in [0.2, 0.25) is 0 Å². The molecule has 1 N–H and O–H groups in total. The molecule has 0 saturated carbocycles. The molecule has 2 heterocycles. The Morgan fingerprint density at radius 1 is 1.28 bits per heavy atom. The zero-order valence-corrected chi connectivity index (χ0v) is 15.6. The molecule has 0 spiro atoms. The number of ether oxygens (including phenoxy) is 2. The molecule has 1 amide bonds. The second kappa shape index (κ2) is 6.52. The molecule has 0 aromatic heterocycles. The minimum Gasteiger partial charge on any atom is -0.497 e. The molecule has 2 saturated heterocycles. The number of benzene rings is 1. The summed E-state index contributed by atoms with van der Waals surface area (Å²) in [5.41, 5.74) is -0.214. The minimum atomic E-state index is -0.781. The average molecular weight is 347 g/mol. The lowest BCUT2D eigenvalue weighted by molar-refractivity contribution is -0.0579. The molecule has 5 heteroatoms. The Kier molecular flexibility index (Phi) is 4.71. The van der Waals surface area contributed by atoms with Crippen LogP contribution in [-0.4, -0.2) is 46.5 Å². The van der Waals surface area contributed by atoms with Gasteiger partial charge in [-0.05, 0) is 64.2 Å². The summed E-state index contributed by atoms with van der Waals surface area (Å²) in [6.45, 7) is 5.65. The van der Waals surface area contributed by atoms with Crippen LogP contribution in [-0.2, 0) is 11.2 Å². The number of amides is 1. The van der Waals surface area contributed by atoms with Crippen molar-refractivity contribution >= 4 is 6.09 Å². The third kappa shape index (κ3) is 4.09. The van der Waals surface area contributed by atoms with E-state index in [0.29, 0.717) is 19.3 Å². The Balaban J connectivity index is 1.71. The first-order chi connectivity index (χ1) is 11.7. The highest BCUT2D eigenvalue weighted by atomic mass is 16.6. The first-order valence-corrected chi connectivity index (χ1v) is 9.06. The maximum Gasteiger partial charge on any atom is 0.410 e. The molecule has 138 valence electrons. The smallest absolute Gasteiger partial charge is 0.410 e. The van der Waals surface area contributed by atoms with Crippen LogP contribution in [0, 0.1) is 0 Å². The molecular formula is C20H29NO4. The number of methoxy groups -OCH3 is 1. The second-order valence-corrected chi connectivity index (χ2v) is 8.43. The van der Waals surface area contributed by atoms with E-state index in [4.69, 9.17) is 9.47 Å². The monoisotopic (exact) mass is 347 g/mol. The number of carbonyl (C=O) groups is 1. The summed E-state index contributed by atoms with van der Waals surface area (Å²) in [4.78, 5) is 14.4. The van der Waals surface area contributed by atoms with Crippen molar-refractivity contribution in [3.63, 3.8) is 0 Å². The van der Waals surface area contributed by atoms with E-state index < -0.39 is 11.2 Å². The fraction of sp³-hybridized carbons (Fsp3) is 0.650. The maximum atomic E-state index is 12.5. The summed E-state index contributed by atoms with van der Waals surface area (Å²) in [6.07, 6.45) is 3.40. The third-order valence-electron chi connectivity index (χ3n) is 5.12. The van der Waals surface area contributed by atoms with Crippen molar-refractivity contribution in [2.75, 3.05) is 7.11 Å². The Morgan fingerprint density at radius 3 is 2.48 bits per heavy atom. The normalized spacial score (nSPS) is 28.8. The molecule has 1 aromatic rings. The second-order valence-electron chi connectivity index (χ2n) is 8.43. The van der Waals surface area contributed by atoms with E-state index in [1.54, 1.807) is 7.11 Å². The van der Waals surface area contributed by atoms with E-state index in [2.05, 4.69) is 0 Å². The predicted octanol–water partition coefficient (Wildman–Crippen LogP) is 3.53. The van der Waals surface area contributed by atoms with Crippen LogP contribution in [0.1, 0.15) is 52.0 Å². The summed E-state index contributed by atoms with van der Waals surface area (Å²) < 4.78 is 10.8. The van der Waals surface area contributed by atoms with Crippen molar-refractivity contribution in [3.05, 3.63) is 29.8 Å². The molecule has 5 nitrogen and oxygen atoms in total. The Hall–Kier alpha value is -1.75. The van der Waals surface area contributed by atoms with Crippen molar-refractivity contribution in [3.8, 4) is 5.75 Å². The Bertz CT molecular complexity index is 623. The third-order valence-corrected chi connectivity index (χ3v) is 5.12. The van der Waals surface area contributed by atoms with Gasteiger partial charge in [0.2, 0.25) is 0 Å². The highest BCUT2D eigenvalue weighted by molar-refractivity contribution is 5.69. The van der Waals surface area contributed by atoms with Crippen molar-refractivity contribution < 1.29 is 19.4 Å². The van der Waals surface area contributed by atoms with Crippen LogP contribution < -0.4 is 4.74 Å². The van der Waals surface area contributed by atoms with E-state index >= 15 is 0 Å². The molecule has 3 rings (SSSR count). The molecule has 2 unspecified atom stereocenters. The molecule has 1 aromatic carbocycles. The van der Waals surface area contributed by atoms with Gasteiger partial charge in [0.15, 0.2) is 0 Å². The molecule has 2 fully saturated rings. The molecule has 25 heavy (non-hydrogen) atoms. The number of piperidine rings is 1. The lowest BCUT2D eigenvalue weighted by atomic mass is 9.81. The van der Waals surface area contributed by atoms with E-state index in [9.17, 15) is 9.90 Å². The van der Waals surface area contributed by atoms with Gasteiger partial charge in [0.05, 0.1) is 12.7 Å². The first kappa shape index (κ1) is 18.1. The summed E-state index contributed by atoms with van der Waals surface area (Å²) in [5.74, 6) is 0.801. The number of nitrogens with zero attached hydrogens (tertiary/aromatic N) is 1. The number of hydrogen-bond donors (Lipinski definition) is 1. The van der Waals surface area contributed by atoms with E-state index in [1.165, 1.54) is 0 Å². The van der Waals surface area contributed by atoms with Gasteiger partial charge in [0, 0.05) is 18.5 Å². The topological polar surface area (TPSA) is 59.0 Å². The summed E-state index contributed by atoms with van der Waals surface area (Å²) >= 11 is 0. The number of carbonyl (C=O) groups excluding carboxylic acids is 1. The fourth-order valence-electron chi connectivity index (χ4n) is 4.24. The highest BCUT2D eigenvalue weighted by Gasteiger charge is 2.50. The molecule has 2 bridgehead atoms. The SMILES string of the molecule is COc1cccc(CC2(O)CC3CCC(C2)N3C(=O)OC(C)(C)C)c1. The summed E-state index contributed by atoms with van der Waals surface area (Å²) in [6, 6.07) is 7.96. The van der Waals surface area contributed by atoms with Crippen LogP contribution in [0.4, 0.5) is 4.79 Å².